The Bertz CT molecular complexity index is 1840. The Hall–Kier alpha value is -4.88. The summed E-state index contributed by atoms with van der Waals surface area (Å²) in [7, 11) is 0. The van der Waals surface area contributed by atoms with Crippen molar-refractivity contribution in [1.29, 1.82) is 0 Å². The molecule has 1 fully saturated rings. The Kier molecular flexibility index (Phi) is 49.1. The van der Waals surface area contributed by atoms with Crippen molar-refractivity contribution in [2.45, 2.75) is 263 Å². The van der Waals surface area contributed by atoms with Gasteiger partial charge in [-0.2, -0.15) is 0 Å². The Labute approximate surface area is 478 Å². The average molecular weight is 1100 g/mol. The zero-order chi connectivity index (χ0) is 57.5. The van der Waals surface area contributed by atoms with E-state index in [-0.39, 0.29) is 25.9 Å². The molecule has 1 heterocycles. The average Bonchev–Trinajstić information content (AvgIpc) is 3.44. The lowest BCUT2D eigenvalue weighted by molar-refractivity contribution is -0.301. The highest BCUT2D eigenvalue weighted by atomic mass is 16.7. The molecule has 0 bridgehead atoms. The van der Waals surface area contributed by atoms with Crippen LogP contribution in [0.15, 0.2) is 122 Å². The highest BCUT2D eigenvalue weighted by Crippen LogP contribution is 2.26. The number of esters is 3. The van der Waals surface area contributed by atoms with Crippen LogP contribution in [-0.2, 0) is 42.9 Å². The van der Waals surface area contributed by atoms with Gasteiger partial charge >= 0.3 is 23.9 Å². The van der Waals surface area contributed by atoms with Gasteiger partial charge in [0.25, 0.3) is 0 Å². The summed E-state index contributed by atoms with van der Waals surface area (Å²) in [5.41, 5.74) is 0. The van der Waals surface area contributed by atoms with Crippen LogP contribution >= 0.6 is 0 Å². The molecular weight excluding hydrogens is 997 g/mol. The first-order valence-corrected chi connectivity index (χ1v) is 30.5. The number of carbonyl (C=O) groups excluding carboxylic acids is 3. The van der Waals surface area contributed by atoms with Crippen molar-refractivity contribution in [1.82, 2.24) is 0 Å². The second-order valence-corrected chi connectivity index (χ2v) is 20.2. The summed E-state index contributed by atoms with van der Waals surface area (Å²) in [5, 5.41) is 31.5. The molecule has 0 aromatic heterocycles. The van der Waals surface area contributed by atoms with E-state index in [1.54, 1.807) is 0 Å². The fourth-order valence-electron chi connectivity index (χ4n) is 8.43. The molecule has 0 spiro atoms. The molecule has 0 aromatic carbocycles. The maximum atomic E-state index is 13.1. The van der Waals surface area contributed by atoms with Crippen LogP contribution in [0.1, 0.15) is 226 Å². The third-order valence-electron chi connectivity index (χ3n) is 13.0. The van der Waals surface area contributed by atoms with E-state index >= 15 is 0 Å². The summed E-state index contributed by atoms with van der Waals surface area (Å²) in [6.45, 7) is 5.68. The van der Waals surface area contributed by atoms with Gasteiger partial charge in [0.1, 0.15) is 18.8 Å². The van der Waals surface area contributed by atoms with Crippen LogP contribution in [0.4, 0.5) is 0 Å². The topological polar surface area (TPSA) is 175 Å². The molecule has 1 rings (SSSR count). The van der Waals surface area contributed by atoms with Gasteiger partial charge in [0.2, 0.25) is 0 Å². The van der Waals surface area contributed by atoms with Crippen LogP contribution in [0.25, 0.3) is 0 Å². The number of rotatable bonds is 50. The number of allylic oxidation sites excluding steroid dienone is 20. The number of carboxylic acid groups (broad SMARTS) is 1. The largest absolute Gasteiger partial charge is 0.479 e. The highest BCUT2D eigenvalue weighted by Gasteiger charge is 2.50. The molecule has 6 unspecified atom stereocenters. The third-order valence-corrected chi connectivity index (χ3v) is 13.0. The molecule has 1 aliphatic heterocycles. The Morgan fingerprint density at radius 2 is 0.810 bits per heavy atom. The van der Waals surface area contributed by atoms with Crippen molar-refractivity contribution in [3.63, 3.8) is 0 Å². The van der Waals surface area contributed by atoms with Crippen molar-refractivity contribution < 1.29 is 58.2 Å². The minimum atomic E-state index is -1.92. The van der Waals surface area contributed by atoms with Gasteiger partial charge in [0, 0.05) is 19.3 Å². The van der Waals surface area contributed by atoms with Gasteiger partial charge in [-0.25, -0.2) is 4.79 Å². The summed E-state index contributed by atoms with van der Waals surface area (Å²) < 4.78 is 28.4. The summed E-state index contributed by atoms with van der Waals surface area (Å²) in [6, 6.07) is 0. The van der Waals surface area contributed by atoms with Crippen LogP contribution in [0, 0.1) is 0 Å². The molecule has 0 aromatic rings. The van der Waals surface area contributed by atoms with Crippen LogP contribution in [-0.4, -0.2) is 89.2 Å². The smallest absolute Gasteiger partial charge is 0.335 e. The first kappa shape index (κ1) is 72.1. The number of carbonyl (C=O) groups is 4. The Morgan fingerprint density at radius 3 is 1.25 bits per heavy atom. The van der Waals surface area contributed by atoms with E-state index in [0.29, 0.717) is 25.7 Å². The lowest BCUT2D eigenvalue weighted by atomic mass is 9.98. The summed E-state index contributed by atoms with van der Waals surface area (Å²) in [4.78, 5) is 51.2. The number of hydrogen-bond donors (Lipinski definition) is 3. The van der Waals surface area contributed by atoms with Crippen molar-refractivity contribution >= 4 is 23.9 Å². The standard InChI is InChI=1S/C67H106O12/c1-4-7-10-13-16-19-22-25-27-29-30-32-33-36-38-41-44-47-50-53-59(68)75-56-58(77-60(69)54-51-48-45-42-40-37-34-31-28-26-23-20-17-14-11-8-5-2)57-76-67-65(63(72)62(71)64(79-67)66(73)74)78-61(70)55-52-49-46-43-39-35-24-21-18-15-12-9-6-3/h7-8,10-11,16-17,19-20,25-28,30,32,34,36-38,42,45,58,62-65,67,71-72H,4-6,9,12-15,18,21-24,29,31,33,35,39-41,43-44,46-57H2,1-3H3,(H,73,74)/b10-7-,11-8-,19-16-,20-17-,27-25-,28-26-,32-30-,37-34-,38-36-,45-42-. The zero-order valence-corrected chi connectivity index (χ0v) is 49.1. The molecule has 1 aliphatic rings. The van der Waals surface area contributed by atoms with Gasteiger partial charge in [-0.15, -0.1) is 0 Å². The number of aliphatic hydroxyl groups is 2. The van der Waals surface area contributed by atoms with Gasteiger partial charge in [0.05, 0.1) is 6.61 Å². The third kappa shape index (κ3) is 43.6. The second kappa shape index (κ2) is 53.7. The van der Waals surface area contributed by atoms with Gasteiger partial charge in [-0.05, 0) is 103 Å². The molecule has 0 aliphatic carbocycles. The van der Waals surface area contributed by atoms with E-state index in [4.69, 9.17) is 23.7 Å². The molecule has 1 saturated heterocycles. The van der Waals surface area contributed by atoms with Gasteiger partial charge < -0.3 is 39.0 Å². The van der Waals surface area contributed by atoms with E-state index < -0.39 is 67.3 Å². The van der Waals surface area contributed by atoms with Crippen molar-refractivity contribution in [3.05, 3.63) is 122 Å². The van der Waals surface area contributed by atoms with Gasteiger partial charge in [-0.1, -0.05) is 226 Å². The minimum absolute atomic E-state index is 0.0470. The summed E-state index contributed by atoms with van der Waals surface area (Å²) >= 11 is 0. The molecule has 6 atom stereocenters. The second-order valence-electron chi connectivity index (χ2n) is 20.2. The summed E-state index contributed by atoms with van der Waals surface area (Å²) in [6.07, 6.45) is 61.7. The quantitative estimate of drug-likeness (QED) is 0.0228. The fraction of sp³-hybridized carbons (Fsp3) is 0.642. The molecule has 0 saturated carbocycles. The van der Waals surface area contributed by atoms with E-state index in [2.05, 4.69) is 130 Å². The predicted octanol–water partition coefficient (Wildman–Crippen LogP) is 16.0. The predicted molar refractivity (Wildman–Crippen MR) is 321 cm³/mol. The maximum Gasteiger partial charge on any atom is 0.335 e. The van der Waals surface area contributed by atoms with E-state index in [1.807, 2.05) is 12.2 Å². The number of unbranched alkanes of at least 4 members (excludes halogenated alkanes) is 16. The monoisotopic (exact) mass is 1100 g/mol. The molecule has 0 radical (unpaired) electrons. The number of hydrogen-bond acceptors (Lipinski definition) is 11. The van der Waals surface area contributed by atoms with E-state index in [9.17, 15) is 34.5 Å². The number of aliphatic carboxylic acids is 1. The van der Waals surface area contributed by atoms with Crippen LogP contribution in [0.3, 0.4) is 0 Å². The van der Waals surface area contributed by atoms with Crippen molar-refractivity contribution in [2.24, 2.45) is 0 Å². The number of carboxylic acids is 1. The molecule has 79 heavy (non-hydrogen) atoms. The molecule has 3 N–H and O–H groups in total. The fourth-order valence-corrected chi connectivity index (χ4v) is 8.43. The van der Waals surface area contributed by atoms with E-state index in [0.717, 1.165) is 109 Å². The lowest BCUT2D eigenvalue weighted by Gasteiger charge is -2.40. The molecule has 12 heteroatoms. The maximum absolute atomic E-state index is 13.1. The Balaban J connectivity index is 2.75. The zero-order valence-electron chi connectivity index (χ0n) is 49.1. The number of aliphatic hydroxyl groups excluding tert-OH is 2. The first-order chi connectivity index (χ1) is 38.6. The van der Waals surface area contributed by atoms with Crippen LogP contribution in [0.2, 0.25) is 0 Å². The molecule has 12 nitrogen and oxygen atoms in total. The van der Waals surface area contributed by atoms with Crippen LogP contribution in [0.5, 0.6) is 0 Å². The minimum Gasteiger partial charge on any atom is -0.479 e. The van der Waals surface area contributed by atoms with Crippen LogP contribution < -0.4 is 0 Å². The van der Waals surface area contributed by atoms with Gasteiger partial charge in [-0.3, -0.25) is 14.4 Å². The number of ether oxygens (including phenoxy) is 5. The SMILES string of the molecule is CC/C=C\C/C=C\C/C=C\C/C=C\C/C=C\CCCCCC(=O)OCC(COC1OC(C(=O)O)C(O)C(O)C1OC(=O)CCCCCCCCCCCCCCC)OC(=O)CCC/C=C\C/C=C\C/C=C\C/C=C\C/C=C\CC. The van der Waals surface area contributed by atoms with Gasteiger partial charge in [0.15, 0.2) is 24.6 Å². The lowest BCUT2D eigenvalue weighted by Crippen LogP contribution is -2.61. The van der Waals surface area contributed by atoms with Crippen molar-refractivity contribution in [2.75, 3.05) is 13.2 Å². The molecule has 446 valence electrons. The first-order valence-electron chi connectivity index (χ1n) is 30.5. The van der Waals surface area contributed by atoms with Crippen molar-refractivity contribution in [3.8, 4) is 0 Å². The van der Waals surface area contributed by atoms with E-state index in [1.165, 1.54) is 51.4 Å². The molecule has 0 amide bonds. The Morgan fingerprint density at radius 1 is 0.430 bits per heavy atom. The molecular formula is C67H106O12. The summed E-state index contributed by atoms with van der Waals surface area (Å²) in [5.74, 6) is -3.25. The highest BCUT2D eigenvalue weighted by molar-refractivity contribution is 5.74. The normalized spacial score (nSPS) is 18.7.